The van der Waals surface area contributed by atoms with E-state index in [1.807, 2.05) is 11.8 Å². The molecular weight excluding hydrogens is 295 g/mol. The Morgan fingerprint density at radius 1 is 1.38 bits per heavy atom. The van der Waals surface area contributed by atoms with Gasteiger partial charge in [0.2, 0.25) is 0 Å². The molecule has 0 spiro atoms. The maximum atomic E-state index is 12.8. The average molecular weight is 317 g/mol. The van der Waals surface area contributed by atoms with Gasteiger partial charge in [-0.15, -0.1) is 0 Å². The molecule has 1 aliphatic heterocycles. The van der Waals surface area contributed by atoms with Crippen LogP contribution in [0.5, 0.6) is 0 Å². The van der Waals surface area contributed by atoms with Crippen LogP contribution in [-0.2, 0) is 6.18 Å². The number of benzene rings is 1. The molecule has 1 aromatic carbocycles. The van der Waals surface area contributed by atoms with Crippen LogP contribution in [0.3, 0.4) is 0 Å². The van der Waals surface area contributed by atoms with Crippen LogP contribution in [0.4, 0.5) is 13.2 Å². The first-order valence-corrected chi connectivity index (χ1v) is 8.57. The summed E-state index contributed by atoms with van der Waals surface area (Å²) >= 11 is 1.93. The zero-order valence-electron chi connectivity index (χ0n) is 12.5. The van der Waals surface area contributed by atoms with Crippen molar-refractivity contribution in [3.05, 3.63) is 34.9 Å². The molecule has 1 saturated heterocycles. The molecule has 1 fully saturated rings. The highest BCUT2D eigenvalue weighted by Gasteiger charge is 2.32. The first kappa shape index (κ1) is 16.7. The molecule has 1 aromatic rings. The summed E-state index contributed by atoms with van der Waals surface area (Å²) in [5, 5.41) is 3.53. The molecule has 21 heavy (non-hydrogen) atoms. The van der Waals surface area contributed by atoms with E-state index in [1.165, 1.54) is 12.1 Å². The maximum Gasteiger partial charge on any atom is 0.416 e. The van der Waals surface area contributed by atoms with Gasteiger partial charge in [0.05, 0.1) is 5.56 Å². The minimum Gasteiger partial charge on any atom is -0.310 e. The highest BCUT2D eigenvalue weighted by molar-refractivity contribution is 7.99. The largest absolute Gasteiger partial charge is 0.416 e. The van der Waals surface area contributed by atoms with Crippen LogP contribution >= 0.6 is 11.8 Å². The molecule has 1 nitrogen and oxygen atoms in total. The van der Waals surface area contributed by atoms with E-state index >= 15 is 0 Å². The van der Waals surface area contributed by atoms with Crippen LogP contribution in [0.15, 0.2) is 18.2 Å². The molecule has 0 amide bonds. The van der Waals surface area contributed by atoms with Gasteiger partial charge in [-0.1, -0.05) is 13.0 Å². The zero-order chi connectivity index (χ0) is 15.5. The maximum absolute atomic E-state index is 12.8. The smallest absolute Gasteiger partial charge is 0.310 e. The van der Waals surface area contributed by atoms with E-state index < -0.39 is 11.7 Å². The standard InChI is InChI=1S/C16H22F3NS/c1-3-7-20-15(12-6-8-21-10-12)14-5-4-13(9-11(14)2)16(17,18)19/h4-5,9,12,15,20H,3,6-8,10H2,1-2H3. The molecule has 0 aromatic heterocycles. The molecule has 2 unspecified atom stereocenters. The van der Waals surface area contributed by atoms with E-state index in [0.29, 0.717) is 5.92 Å². The molecule has 0 bridgehead atoms. The summed E-state index contributed by atoms with van der Waals surface area (Å²) in [5.74, 6) is 2.74. The summed E-state index contributed by atoms with van der Waals surface area (Å²) in [4.78, 5) is 0. The van der Waals surface area contributed by atoms with Gasteiger partial charge in [0.1, 0.15) is 0 Å². The monoisotopic (exact) mass is 317 g/mol. The Hall–Kier alpha value is -0.680. The Kier molecular flexibility index (Phi) is 5.60. The van der Waals surface area contributed by atoms with Crippen molar-refractivity contribution in [2.24, 2.45) is 5.92 Å². The second-order valence-corrected chi connectivity index (χ2v) is 6.77. The normalized spacial score (nSPS) is 20.7. The molecule has 0 radical (unpaired) electrons. The third-order valence-corrected chi connectivity index (χ3v) is 5.17. The summed E-state index contributed by atoms with van der Waals surface area (Å²) in [6.07, 6.45) is -2.11. The summed E-state index contributed by atoms with van der Waals surface area (Å²) in [5.41, 5.74) is 1.19. The Morgan fingerprint density at radius 2 is 2.14 bits per heavy atom. The molecule has 1 aliphatic rings. The van der Waals surface area contributed by atoms with E-state index in [4.69, 9.17) is 0 Å². The fraction of sp³-hybridized carbons (Fsp3) is 0.625. The molecule has 1 heterocycles. The fourth-order valence-corrected chi connectivity index (χ4v) is 4.14. The molecule has 0 saturated carbocycles. The first-order valence-electron chi connectivity index (χ1n) is 7.42. The van der Waals surface area contributed by atoms with Gasteiger partial charge in [-0.2, -0.15) is 24.9 Å². The van der Waals surface area contributed by atoms with E-state index in [0.717, 1.165) is 42.0 Å². The zero-order valence-corrected chi connectivity index (χ0v) is 13.3. The average Bonchev–Trinajstić information content (AvgIpc) is 2.93. The number of nitrogens with one attached hydrogen (secondary N) is 1. The van der Waals surface area contributed by atoms with Gasteiger partial charge in [0, 0.05) is 6.04 Å². The minimum absolute atomic E-state index is 0.169. The van der Waals surface area contributed by atoms with Crippen LogP contribution in [0.1, 0.15) is 42.5 Å². The van der Waals surface area contributed by atoms with E-state index in [2.05, 4.69) is 12.2 Å². The van der Waals surface area contributed by atoms with Crippen molar-refractivity contribution in [2.45, 2.75) is 38.9 Å². The molecule has 5 heteroatoms. The van der Waals surface area contributed by atoms with Crippen molar-refractivity contribution in [3.63, 3.8) is 0 Å². The molecule has 2 atom stereocenters. The third kappa shape index (κ3) is 4.16. The van der Waals surface area contributed by atoms with Crippen molar-refractivity contribution in [1.29, 1.82) is 0 Å². The van der Waals surface area contributed by atoms with E-state index in [1.54, 1.807) is 13.0 Å². The van der Waals surface area contributed by atoms with Crippen LogP contribution in [0.25, 0.3) is 0 Å². The Morgan fingerprint density at radius 3 is 2.67 bits per heavy atom. The number of alkyl halides is 3. The van der Waals surface area contributed by atoms with Crippen molar-refractivity contribution in [3.8, 4) is 0 Å². The Labute approximate surface area is 128 Å². The molecule has 0 aliphatic carbocycles. The topological polar surface area (TPSA) is 12.0 Å². The summed E-state index contributed by atoms with van der Waals surface area (Å²) in [6.45, 7) is 4.78. The second kappa shape index (κ2) is 7.05. The Bertz CT molecular complexity index is 467. The lowest BCUT2D eigenvalue weighted by atomic mass is 9.89. The highest BCUT2D eigenvalue weighted by atomic mass is 32.2. The lowest BCUT2D eigenvalue weighted by molar-refractivity contribution is -0.137. The Balaban J connectivity index is 2.26. The number of rotatable bonds is 5. The minimum atomic E-state index is -4.27. The molecular formula is C16H22F3NS. The SMILES string of the molecule is CCCNC(c1ccc(C(F)(F)F)cc1C)C1CCSC1. The van der Waals surface area contributed by atoms with Gasteiger partial charge >= 0.3 is 6.18 Å². The lowest BCUT2D eigenvalue weighted by Crippen LogP contribution is -2.29. The van der Waals surface area contributed by atoms with Crippen LogP contribution in [0, 0.1) is 12.8 Å². The van der Waals surface area contributed by atoms with Gasteiger partial charge in [0.15, 0.2) is 0 Å². The van der Waals surface area contributed by atoms with Gasteiger partial charge in [-0.3, -0.25) is 0 Å². The quantitative estimate of drug-likeness (QED) is 0.836. The number of hydrogen-bond donors (Lipinski definition) is 1. The molecule has 1 N–H and O–H groups in total. The fourth-order valence-electron chi connectivity index (χ4n) is 2.85. The summed E-state index contributed by atoms with van der Waals surface area (Å²) < 4.78 is 38.4. The number of thioether (sulfide) groups is 1. The van der Waals surface area contributed by atoms with Crippen molar-refractivity contribution < 1.29 is 13.2 Å². The van der Waals surface area contributed by atoms with Crippen LogP contribution in [0.2, 0.25) is 0 Å². The van der Waals surface area contributed by atoms with Crippen LogP contribution < -0.4 is 5.32 Å². The van der Waals surface area contributed by atoms with Crippen molar-refractivity contribution in [2.75, 3.05) is 18.1 Å². The highest BCUT2D eigenvalue weighted by Crippen LogP contribution is 2.37. The second-order valence-electron chi connectivity index (χ2n) is 5.62. The van der Waals surface area contributed by atoms with E-state index in [9.17, 15) is 13.2 Å². The van der Waals surface area contributed by atoms with Crippen LogP contribution in [-0.4, -0.2) is 18.1 Å². The summed E-state index contributed by atoms with van der Waals surface area (Å²) in [7, 11) is 0. The lowest BCUT2D eigenvalue weighted by Gasteiger charge is -2.27. The van der Waals surface area contributed by atoms with Crippen molar-refractivity contribution in [1.82, 2.24) is 5.32 Å². The predicted molar refractivity (Wildman–Crippen MR) is 82.6 cm³/mol. The molecule has 118 valence electrons. The van der Waals surface area contributed by atoms with Gasteiger partial charge in [-0.05, 0) is 67.0 Å². The third-order valence-electron chi connectivity index (χ3n) is 3.98. The predicted octanol–water partition coefficient (Wildman–Crippen LogP) is 4.81. The summed E-state index contributed by atoms with van der Waals surface area (Å²) in [6, 6.07) is 4.32. The van der Waals surface area contributed by atoms with Gasteiger partial charge in [-0.25, -0.2) is 0 Å². The van der Waals surface area contributed by atoms with E-state index in [-0.39, 0.29) is 6.04 Å². The van der Waals surface area contributed by atoms with Crippen molar-refractivity contribution >= 4 is 11.8 Å². The van der Waals surface area contributed by atoms with Gasteiger partial charge in [0.25, 0.3) is 0 Å². The molecule has 2 rings (SSSR count). The number of aryl methyl sites for hydroxylation is 1. The number of hydrogen-bond acceptors (Lipinski definition) is 2. The number of halogens is 3. The van der Waals surface area contributed by atoms with Gasteiger partial charge < -0.3 is 5.32 Å². The first-order chi connectivity index (χ1) is 9.93.